The van der Waals surface area contributed by atoms with E-state index in [2.05, 4.69) is 42.5 Å². The van der Waals surface area contributed by atoms with E-state index in [4.69, 9.17) is 5.73 Å². The van der Waals surface area contributed by atoms with Crippen LogP contribution in [0.4, 0.5) is 0 Å². The molecule has 1 heteroatoms. The molecule has 5 rings (SSSR count). The monoisotopic (exact) mass is 249 g/mol. The lowest BCUT2D eigenvalue weighted by atomic mass is 9.63. The molecule has 0 saturated carbocycles. The first-order valence-electron chi connectivity index (χ1n) is 7.30. The summed E-state index contributed by atoms with van der Waals surface area (Å²) in [6, 6.07) is 15.8. The van der Waals surface area contributed by atoms with Crippen LogP contribution in [0.5, 0.6) is 0 Å². The Morgan fingerprint density at radius 3 is 2.32 bits per heavy atom. The minimum Gasteiger partial charge on any atom is -0.330 e. The third-order valence-corrected chi connectivity index (χ3v) is 4.86. The normalized spacial score (nSPS) is 23.0. The Morgan fingerprint density at radius 1 is 0.842 bits per heavy atom. The molecule has 19 heavy (non-hydrogen) atoms. The van der Waals surface area contributed by atoms with Crippen LogP contribution in [0.2, 0.25) is 0 Å². The van der Waals surface area contributed by atoms with Gasteiger partial charge in [-0.1, -0.05) is 42.5 Å². The highest BCUT2D eigenvalue weighted by atomic mass is 14.5. The van der Waals surface area contributed by atoms with Gasteiger partial charge >= 0.3 is 0 Å². The number of fused-ring (bicyclic) bond motifs is 1. The molecule has 0 spiro atoms. The van der Waals surface area contributed by atoms with Gasteiger partial charge < -0.3 is 5.73 Å². The largest absolute Gasteiger partial charge is 0.330 e. The van der Waals surface area contributed by atoms with Crippen molar-refractivity contribution >= 4 is 0 Å². The van der Waals surface area contributed by atoms with Crippen molar-refractivity contribution in [2.24, 2.45) is 5.73 Å². The van der Waals surface area contributed by atoms with Crippen LogP contribution in [0.1, 0.15) is 52.5 Å². The van der Waals surface area contributed by atoms with Crippen molar-refractivity contribution in [3.63, 3.8) is 0 Å². The van der Waals surface area contributed by atoms with Gasteiger partial charge in [0.2, 0.25) is 0 Å². The van der Waals surface area contributed by atoms with E-state index >= 15 is 0 Å². The van der Waals surface area contributed by atoms with Crippen LogP contribution in [-0.2, 0) is 6.42 Å². The number of nitrogens with two attached hydrogens (primary N) is 1. The summed E-state index contributed by atoms with van der Waals surface area (Å²) in [5.74, 6) is 1.23. The molecule has 2 unspecified atom stereocenters. The Labute approximate surface area is 114 Å². The highest BCUT2D eigenvalue weighted by Gasteiger charge is 2.37. The molecule has 2 aromatic rings. The predicted octanol–water partition coefficient (Wildman–Crippen LogP) is 3.56. The number of hydrogen-bond acceptors (Lipinski definition) is 1. The second kappa shape index (κ2) is 4.21. The van der Waals surface area contributed by atoms with Crippen LogP contribution >= 0.6 is 0 Å². The van der Waals surface area contributed by atoms with Crippen molar-refractivity contribution in [2.45, 2.75) is 31.1 Å². The molecule has 0 saturated heterocycles. The van der Waals surface area contributed by atoms with Gasteiger partial charge in [-0.3, -0.25) is 0 Å². The fourth-order valence-electron chi connectivity index (χ4n) is 4.15. The Bertz CT molecular complexity index is 629. The average molecular weight is 249 g/mol. The zero-order chi connectivity index (χ0) is 12.8. The van der Waals surface area contributed by atoms with Crippen LogP contribution in [0.3, 0.4) is 0 Å². The molecule has 3 aliphatic carbocycles. The SMILES string of the molecule is NCCc1cccc2c1C1CCC2c2ccccc21. The molecule has 2 atom stereocenters. The van der Waals surface area contributed by atoms with E-state index < -0.39 is 0 Å². The fraction of sp³-hybridized carbons (Fsp3) is 0.333. The average Bonchev–Trinajstić information content (AvgIpc) is 2.48. The van der Waals surface area contributed by atoms with Crippen molar-refractivity contribution in [1.29, 1.82) is 0 Å². The second-order valence-electron chi connectivity index (χ2n) is 5.77. The highest BCUT2D eigenvalue weighted by Crippen LogP contribution is 2.53. The van der Waals surface area contributed by atoms with E-state index in [1.54, 1.807) is 22.3 Å². The Kier molecular flexibility index (Phi) is 2.49. The Balaban J connectivity index is 1.95. The summed E-state index contributed by atoms with van der Waals surface area (Å²) < 4.78 is 0. The Hall–Kier alpha value is -1.60. The van der Waals surface area contributed by atoms with Gasteiger partial charge in [0.25, 0.3) is 0 Å². The lowest BCUT2D eigenvalue weighted by molar-refractivity contribution is 0.515. The second-order valence-corrected chi connectivity index (χ2v) is 5.77. The maximum atomic E-state index is 5.79. The fourth-order valence-corrected chi connectivity index (χ4v) is 4.15. The molecule has 0 heterocycles. The van der Waals surface area contributed by atoms with E-state index in [1.807, 2.05) is 0 Å². The van der Waals surface area contributed by atoms with E-state index in [0.717, 1.165) is 13.0 Å². The molecule has 2 aromatic carbocycles. The van der Waals surface area contributed by atoms with E-state index in [9.17, 15) is 0 Å². The maximum absolute atomic E-state index is 5.79. The maximum Gasteiger partial charge on any atom is 0.00983 e. The van der Waals surface area contributed by atoms with Crippen LogP contribution in [0.15, 0.2) is 42.5 Å². The molecular formula is C18H19N. The van der Waals surface area contributed by atoms with Crippen LogP contribution in [-0.4, -0.2) is 6.54 Å². The van der Waals surface area contributed by atoms with Crippen molar-refractivity contribution in [2.75, 3.05) is 6.54 Å². The molecule has 96 valence electrons. The minimum atomic E-state index is 0.610. The van der Waals surface area contributed by atoms with Crippen molar-refractivity contribution in [3.8, 4) is 0 Å². The summed E-state index contributed by atoms with van der Waals surface area (Å²) in [4.78, 5) is 0. The lowest BCUT2D eigenvalue weighted by Gasteiger charge is -2.41. The summed E-state index contributed by atoms with van der Waals surface area (Å²) >= 11 is 0. The summed E-state index contributed by atoms with van der Waals surface area (Å²) in [5.41, 5.74) is 13.6. The van der Waals surface area contributed by atoms with E-state index in [0.29, 0.717) is 11.8 Å². The molecule has 0 radical (unpaired) electrons. The van der Waals surface area contributed by atoms with Gasteiger partial charge in [0.05, 0.1) is 0 Å². The first-order valence-corrected chi connectivity index (χ1v) is 7.30. The van der Waals surface area contributed by atoms with Crippen LogP contribution < -0.4 is 5.73 Å². The number of benzene rings is 2. The zero-order valence-electron chi connectivity index (χ0n) is 11.1. The lowest BCUT2D eigenvalue weighted by Crippen LogP contribution is -2.26. The smallest absolute Gasteiger partial charge is 0.00983 e. The molecule has 2 bridgehead atoms. The third-order valence-electron chi connectivity index (χ3n) is 4.86. The molecule has 0 aliphatic heterocycles. The third kappa shape index (κ3) is 1.51. The predicted molar refractivity (Wildman–Crippen MR) is 78.6 cm³/mol. The van der Waals surface area contributed by atoms with Gasteiger partial charge in [0.1, 0.15) is 0 Å². The summed E-state index contributed by atoms with van der Waals surface area (Å²) in [6.07, 6.45) is 3.62. The van der Waals surface area contributed by atoms with Gasteiger partial charge in [-0.25, -0.2) is 0 Å². The molecule has 2 N–H and O–H groups in total. The molecule has 0 fully saturated rings. The van der Waals surface area contributed by atoms with Crippen LogP contribution in [0, 0.1) is 0 Å². The van der Waals surface area contributed by atoms with Gasteiger partial charge in [0.15, 0.2) is 0 Å². The van der Waals surface area contributed by atoms with Crippen molar-refractivity contribution in [3.05, 3.63) is 70.3 Å². The van der Waals surface area contributed by atoms with Crippen molar-refractivity contribution in [1.82, 2.24) is 0 Å². The van der Waals surface area contributed by atoms with Crippen LogP contribution in [0.25, 0.3) is 0 Å². The molecule has 0 amide bonds. The van der Waals surface area contributed by atoms with Crippen molar-refractivity contribution < 1.29 is 0 Å². The zero-order valence-corrected chi connectivity index (χ0v) is 11.1. The van der Waals surface area contributed by atoms with Gasteiger partial charge in [-0.15, -0.1) is 0 Å². The van der Waals surface area contributed by atoms with E-state index in [-0.39, 0.29) is 0 Å². The molecular weight excluding hydrogens is 230 g/mol. The molecule has 1 nitrogen and oxygen atoms in total. The summed E-state index contributed by atoms with van der Waals surface area (Å²) in [5, 5.41) is 0. The van der Waals surface area contributed by atoms with Gasteiger partial charge in [0, 0.05) is 11.8 Å². The first kappa shape index (κ1) is 11.2. The number of hydrogen-bond donors (Lipinski definition) is 1. The molecule has 3 aliphatic rings. The minimum absolute atomic E-state index is 0.610. The summed E-state index contributed by atoms with van der Waals surface area (Å²) in [6.45, 7) is 0.746. The summed E-state index contributed by atoms with van der Waals surface area (Å²) in [7, 11) is 0. The Morgan fingerprint density at radius 2 is 1.53 bits per heavy atom. The quantitative estimate of drug-likeness (QED) is 0.865. The first-order chi connectivity index (χ1) is 9.40. The van der Waals surface area contributed by atoms with E-state index in [1.165, 1.54) is 18.4 Å². The standard InChI is InChI=1S/C18H19N/c19-11-10-12-4-3-7-16-15-8-9-17(18(12)16)14-6-2-1-5-13(14)15/h1-7,15,17H,8-11,19H2. The van der Waals surface area contributed by atoms with Gasteiger partial charge in [-0.05, 0) is 53.6 Å². The highest BCUT2D eigenvalue weighted by molar-refractivity contribution is 5.57. The number of rotatable bonds is 2. The molecule has 0 aromatic heterocycles. The topological polar surface area (TPSA) is 26.0 Å². The van der Waals surface area contributed by atoms with Gasteiger partial charge in [-0.2, -0.15) is 0 Å².